The SMILES string of the molecule is CN(C)C(=O)[C@@H]1NC(=O)[C@@H]1N. The van der Waals surface area contributed by atoms with E-state index in [9.17, 15) is 9.59 Å². The average Bonchev–Trinajstić information content (AvgIpc) is 1.98. The van der Waals surface area contributed by atoms with E-state index >= 15 is 0 Å². The molecule has 1 aliphatic rings. The fraction of sp³-hybridized carbons (Fsp3) is 0.667. The summed E-state index contributed by atoms with van der Waals surface area (Å²) in [6.45, 7) is 0. The van der Waals surface area contributed by atoms with Gasteiger partial charge in [0.25, 0.3) is 0 Å². The Morgan fingerprint density at radius 2 is 2.18 bits per heavy atom. The van der Waals surface area contributed by atoms with E-state index in [0.717, 1.165) is 0 Å². The van der Waals surface area contributed by atoms with Gasteiger partial charge in [-0.25, -0.2) is 0 Å². The molecule has 0 radical (unpaired) electrons. The summed E-state index contributed by atoms with van der Waals surface area (Å²) >= 11 is 0. The monoisotopic (exact) mass is 157 g/mol. The van der Waals surface area contributed by atoms with Crippen LogP contribution in [0.4, 0.5) is 0 Å². The van der Waals surface area contributed by atoms with Gasteiger partial charge in [0.05, 0.1) is 0 Å². The fourth-order valence-electron chi connectivity index (χ4n) is 0.888. The molecule has 0 unspecified atom stereocenters. The van der Waals surface area contributed by atoms with Gasteiger partial charge in [-0.2, -0.15) is 0 Å². The van der Waals surface area contributed by atoms with Gasteiger partial charge in [0, 0.05) is 14.1 Å². The molecule has 1 fully saturated rings. The van der Waals surface area contributed by atoms with Crippen molar-refractivity contribution in [2.24, 2.45) is 5.73 Å². The van der Waals surface area contributed by atoms with Crippen LogP contribution < -0.4 is 11.1 Å². The van der Waals surface area contributed by atoms with Gasteiger partial charge in [0.1, 0.15) is 12.1 Å². The lowest BCUT2D eigenvalue weighted by Gasteiger charge is -2.34. The van der Waals surface area contributed by atoms with Gasteiger partial charge in [-0.05, 0) is 0 Å². The molecule has 0 aromatic carbocycles. The van der Waals surface area contributed by atoms with Gasteiger partial charge < -0.3 is 16.0 Å². The second-order valence-electron chi connectivity index (χ2n) is 2.74. The Morgan fingerprint density at radius 1 is 1.64 bits per heavy atom. The van der Waals surface area contributed by atoms with Crippen LogP contribution in [0.25, 0.3) is 0 Å². The van der Waals surface area contributed by atoms with E-state index in [4.69, 9.17) is 5.73 Å². The van der Waals surface area contributed by atoms with Gasteiger partial charge in [0.2, 0.25) is 11.8 Å². The minimum Gasteiger partial charge on any atom is -0.347 e. The van der Waals surface area contributed by atoms with Crippen LogP contribution in [0.2, 0.25) is 0 Å². The Kier molecular flexibility index (Phi) is 1.82. The molecule has 62 valence electrons. The van der Waals surface area contributed by atoms with E-state index in [0.29, 0.717) is 0 Å². The van der Waals surface area contributed by atoms with Crippen molar-refractivity contribution in [1.29, 1.82) is 0 Å². The number of β-lactam (4-membered cyclic amide) rings is 1. The Bertz CT molecular complexity index is 202. The number of hydrogen-bond donors (Lipinski definition) is 2. The summed E-state index contributed by atoms with van der Waals surface area (Å²) < 4.78 is 0. The Morgan fingerprint density at radius 3 is 2.45 bits per heavy atom. The molecule has 0 aromatic heterocycles. The lowest BCUT2D eigenvalue weighted by atomic mass is 9.99. The number of carbonyl (C=O) groups is 2. The van der Waals surface area contributed by atoms with Crippen LogP contribution in [0.5, 0.6) is 0 Å². The maximum Gasteiger partial charge on any atom is 0.246 e. The Balaban J connectivity index is 2.52. The van der Waals surface area contributed by atoms with Crippen molar-refractivity contribution in [3.8, 4) is 0 Å². The highest BCUT2D eigenvalue weighted by Gasteiger charge is 2.41. The molecule has 0 spiro atoms. The van der Waals surface area contributed by atoms with Gasteiger partial charge in [0.15, 0.2) is 0 Å². The largest absolute Gasteiger partial charge is 0.347 e. The number of amides is 2. The molecule has 1 saturated heterocycles. The van der Waals surface area contributed by atoms with Gasteiger partial charge in [-0.3, -0.25) is 9.59 Å². The first kappa shape index (κ1) is 8.00. The molecule has 0 aromatic rings. The lowest BCUT2D eigenvalue weighted by molar-refractivity contribution is -0.143. The first-order valence-electron chi connectivity index (χ1n) is 3.31. The molecule has 5 heteroatoms. The van der Waals surface area contributed by atoms with E-state index in [2.05, 4.69) is 5.32 Å². The summed E-state index contributed by atoms with van der Waals surface area (Å²) in [6.07, 6.45) is 0. The number of carbonyl (C=O) groups excluding carboxylic acids is 2. The van der Waals surface area contributed by atoms with E-state index in [1.165, 1.54) is 4.90 Å². The predicted octanol–water partition coefficient (Wildman–Crippen LogP) is -2.10. The third-order valence-corrected chi connectivity index (χ3v) is 1.67. The minimum atomic E-state index is -0.662. The van der Waals surface area contributed by atoms with Crippen LogP contribution in [0, 0.1) is 0 Å². The van der Waals surface area contributed by atoms with Crippen molar-refractivity contribution in [3.63, 3.8) is 0 Å². The van der Waals surface area contributed by atoms with Crippen molar-refractivity contribution in [3.05, 3.63) is 0 Å². The Hall–Kier alpha value is -1.10. The van der Waals surface area contributed by atoms with Crippen molar-refractivity contribution in [1.82, 2.24) is 10.2 Å². The van der Waals surface area contributed by atoms with Crippen LogP contribution in [0.1, 0.15) is 0 Å². The smallest absolute Gasteiger partial charge is 0.246 e. The molecule has 5 nitrogen and oxygen atoms in total. The number of nitrogens with one attached hydrogen (secondary N) is 1. The molecule has 0 bridgehead atoms. The maximum atomic E-state index is 11.1. The number of rotatable bonds is 1. The summed E-state index contributed by atoms with van der Waals surface area (Å²) in [6, 6.07) is -1.18. The summed E-state index contributed by atoms with van der Waals surface area (Å²) in [5.41, 5.74) is 5.35. The zero-order valence-corrected chi connectivity index (χ0v) is 6.50. The number of likely N-dealkylation sites (N-methyl/N-ethyl adjacent to an activating group) is 1. The normalized spacial score (nSPS) is 28.8. The average molecular weight is 157 g/mol. The van der Waals surface area contributed by atoms with E-state index in [-0.39, 0.29) is 11.8 Å². The minimum absolute atomic E-state index is 0.155. The van der Waals surface area contributed by atoms with Crippen LogP contribution in [0.3, 0.4) is 0 Å². The predicted molar refractivity (Wildman–Crippen MR) is 38.6 cm³/mol. The van der Waals surface area contributed by atoms with E-state index < -0.39 is 12.1 Å². The highest BCUT2D eigenvalue weighted by atomic mass is 16.2. The number of nitrogens with zero attached hydrogens (tertiary/aromatic N) is 1. The van der Waals surface area contributed by atoms with Crippen LogP contribution in [-0.2, 0) is 9.59 Å². The molecular weight excluding hydrogens is 146 g/mol. The highest BCUT2D eigenvalue weighted by Crippen LogP contribution is 2.04. The topological polar surface area (TPSA) is 75.4 Å². The van der Waals surface area contributed by atoms with Crippen molar-refractivity contribution in [2.45, 2.75) is 12.1 Å². The molecule has 1 aliphatic heterocycles. The summed E-state index contributed by atoms with van der Waals surface area (Å²) in [5.74, 6) is -0.415. The quantitative estimate of drug-likeness (QED) is 0.428. The molecular formula is C6H11N3O2. The van der Waals surface area contributed by atoms with E-state index in [1.54, 1.807) is 14.1 Å². The van der Waals surface area contributed by atoms with Crippen molar-refractivity contribution in [2.75, 3.05) is 14.1 Å². The molecule has 1 heterocycles. The molecule has 11 heavy (non-hydrogen) atoms. The third-order valence-electron chi connectivity index (χ3n) is 1.67. The van der Waals surface area contributed by atoms with Crippen LogP contribution in [-0.4, -0.2) is 42.9 Å². The van der Waals surface area contributed by atoms with Crippen LogP contribution >= 0.6 is 0 Å². The first-order valence-corrected chi connectivity index (χ1v) is 3.31. The van der Waals surface area contributed by atoms with Gasteiger partial charge in [-0.15, -0.1) is 0 Å². The first-order chi connectivity index (χ1) is 5.04. The second-order valence-corrected chi connectivity index (χ2v) is 2.74. The summed E-state index contributed by atoms with van der Waals surface area (Å²) in [7, 11) is 3.25. The standard InChI is InChI=1S/C6H11N3O2/c1-9(2)6(11)4-3(7)5(10)8-4/h3-4H,7H2,1-2H3,(H,8,10)/t3-,4-/m1/s1. The van der Waals surface area contributed by atoms with Gasteiger partial charge in [-0.1, -0.05) is 0 Å². The number of nitrogens with two attached hydrogens (primary N) is 1. The van der Waals surface area contributed by atoms with Gasteiger partial charge >= 0.3 is 0 Å². The van der Waals surface area contributed by atoms with Crippen LogP contribution in [0.15, 0.2) is 0 Å². The van der Waals surface area contributed by atoms with E-state index in [1.807, 2.05) is 0 Å². The second kappa shape index (κ2) is 2.50. The molecule has 0 aliphatic carbocycles. The highest BCUT2D eigenvalue weighted by molar-refractivity contribution is 6.01. The summed E-state index contributed by atoms with van der Waals surface area (Å²) in [5, 5.41) is 2.42. The molecule has 2 atom stereocenters. The summed E-state index contributed by atoms with van der Waals surface area (Å²) in [4.78, 5) is 23.1. The van der Waals surface area contributed by atoms with Crippen molar-refractivity contribution >= 4 is 11.8 Å². The lowest BCUT2D eigenvalue weighted by Crippen LogP contribution is -2.71. The van der Waals surface area contributed by atoms with Crippen molar-refractivity contribution < 1.29 is 9.59 Å². The zero-order valence-electron chi connectivity index (χ0n) is 6.50. The molecule has 0 saturated carbocycles. The molecule has 3 N–H and O–H groups in total. The molecule has 1 rings (SSSR count). The molecule has 2 amide bonds. The Labute approximate surface area is 64.5 Å². The number of hydrogen-bond acceptors (Lipinski definition) is 3. The third kappa shape index (κ3) is 1.19. The fourth-order valence-corrected chi connectivity index (χ4v) is 0.888. The maximum absolute atomic E-state index is 11.1. The zero-order chi connectivity index (χ0) is 8.59.